The minimum atomic E-state index is -0.321. The normalized spacial score (nSPS) is 24.0. The molecule has 0 unspecified atom stereocenters. The molecule has 1 heterocycles. The third-order valence-electron chi connectivity index (χ3n) is 1.87. The Morgan fingerprint density at radius 3 is 3.08 bits per heavy atom. The van der Waals surface area contributed by atoms with Gasteiger partial charge in [0.2, 0.25) is 0 Å². The molecule has 0 bridgehead atoms. The van der Waals surface area contributed by atoms with Crippen molar-refractivity contribution < 1.29 is 9.53 Å². The van der Waals surface area contributed by atoms with E-state index in [1.165, 1.54) is 0 Å². The van der Waals surface area contributed by atoms with Gasteiger partial charge in [0, 0.05) is 6.04 Å². The van der Waals surface area contributed by atoms with Crippen LogP contribution >= 0.6 is 0 Å². The summed E-state index contributed by atoms with van der Waals surface area (Å²) in [5.74, 6) is 0. The lowest BCUT2D eigenvalue weighted by Crippen LogP contribution is -2.36. The predicted octanol–water partition coefficient (Wildman–Crippen LogP) is 0.598. The number of amides is 1. The minimum Gasteiger partial charge on any atom is -0.457 e. The van der Waals surface area contributed by atoms with E-state index >= 15 is 0 Å². The molecule has 1 amide bonds. The van der Waals surface area contributed by atoms with Gasteiger partial charge < -0.3 is 15.0 Å². The van der Waals surface area contributed by atoms with Crippen LogP contribution in [0, 0.1) is 7.05 Å². The molecule has 4 heteroatoms. The van der Waals surface area contributed by atoms with Crippen molar-refractivity contribution in [3.8, 4) is 0 Å². The Labute approximate surface area is 72.9 Å². The van der Waals surface area contributed by atoms with Crippen LogP contribution in [-0.4, -0.2) is 36.7 Å². The summed E-state index contributed by atoms with van der Waals surface area (Å²) in [5.41, 5.74) is 0. The highest BCUT2D eigenvalue weighted by molar-refractivity contribution is 5.67. The summed E-state index contributed by atoms with van der Waals surface area (Å²) in [6.07, 6.45) is 0.639. The number of nitrogens with one attached hydrogen (secondary N) is 1. The van der Waals surface area contributed by atoms with Gasteiger partial charge in [-0.25, -0.2) is 4.79 Å². The first-order valence-corrected chi connectivity index (χ1v) is 4.21. The molecule has 1 atom stereocenters. The average molecular weight is 171 g/mol. The minimum absolute atomic E-state index is 0.210. The van der Waals surface area contributed by atoms with Gasteiger partial charge in [-0.15, -0.1) is 0 Å². The number of likely N-dealkylation sites (tertiary alicyclic amines) is 1. The van der Waals surface area contributed by atoms with E-state index in [1.807, 2.05) is 4.90 Å². The van der Waals surface area contributed by atoms with Crippen molar-refractivity contribution in [2.24, 2.45) is 0 Å². The third-order valence-corrected chi connectivity index (χ3v) is 1.87. The molecule has 1 rings (SSSR count). The van der Waals surface area contributed by atoms with Crippen molar-refractivity contribution in [2.45, 2.75) is 19.4 Å². The van der Waals surface area contributed by atoms with E-state index in [1.54, 1.807) is 6.92 Å². The maximum absolute atomic E-state index is 10.9. The molecular weight excluding hydrogens is 156 g/mol. The van der Waals surface area contributed by atoms with Crippen LogP contribution in [-0.2, 0) is 4.74 Å². The summed E-state index contributed by atoms with van der Waals surface area (Å²) in [6, 6.07) is 0.210. The number of rotatable bonds is 2. The number of hydrogen-bond donors (Lipinski definition) is 1. The van der Waals surface area contributed by atoms with Gasteiger partial charge in [-0.2, -0.15) is 0 Å². The van der Waals surface area contributed by atoms with E-state index < -0.39 is 0 Å². The molecule has 1 saturated heterocycles. The first kappa shape index (κ1) is 9.32. The summed E-state index contributed by atoms with van der Waals surface area (Å²) >= 11 is 0. The molecule has 0 aliphatic carbocycles. The van der Waals surface area contributed by atoms with Crippen LogP contribution in [0.25, 0.3) is 0 Å². The predicted molar refractivity (Wildman–Crippen MR) is 45.5 cm³/mol. The van der Waals surface area contributed by atoms with Gasteiger partial charge in [-0.1, -0.05) is 0 Å². The summed E-state index contributed by atoms with van der Waals surface area (Å²) in [7, 11) is 3.78. The van der Waals surface area contributed by atoms with Crippen molar-refractivity contribution in [1.29, 1.82) is 0 Å². The lowest BCUT2D eigenvalue weighted by atomic mass is 10.3. The Morgan fingerprint density at radius 1 is 1.83 bits per heavy atom. The molecule has 0 aromatic carbocycles. The highest BCUT2D eigenvalue weighted by atomic mass is 16.5. The van der Waals surface area contributed by atoms with Crippen LogP contribution in [0.4, 0.5) is 4.79 Å². The Morgan fingerprint density at radius 2 is 2.58 bits per heavy atom. The first-order chi connectivity index (χ1) is 5.72. The molecule has 0 radical (unpaired) electrons. The Hall–Kier alpha value is -0.770. The van der Waals surface area contributed by atoms with Gasteiger partial charge >= 0.3 is 6.09 Å². The first-order valence-electron chi connectivity index (χ1n) is 4.21. The fourth-order valence-electron chi connectivity index (χ4n) is 1.29. The summed E-state index contributed by atoms with van der Waals surface area (Å²) in [4.78, 5) is 12.9. The topological polar surface area (TPSA) is 41.6 Å². The van der Waals surface area contributed by atoms with E-state index in [4.69, 9.17) is 4.74 Å². The van der Waals surface area contributed by atoms with Crippen molar-refractivity contribution in [2.75, 3.05) is 19.7 Å². The second-order valence-corrected chi connectivity index (χ2v) is 2.93. The Kier molecular flexibility index (Phi) is 3.34. The van der Waals surface area contributed by atoms with Gasteiger partial charge in [-0.3, -0.25) is 7.05 Å². The standard InChI is InChI=1S/C8H15N2O2/c1-3-12-8(11)9-7-4-5-10(2)6-7/h7H,2-6H2,1H3,(H,9,11)/q-1/t7-/m1/s1. The van der Waals surface area contributed by atoms with E-state index in [2.05, 4.69) is 12.4 Å². The quantitative estimate of drug-likeness (QED) is 0.618. The molecule has 0 spiro atoms. The maximum atomic E-state index is 10.9. The smallest absolute Gasteiger partial charge is 0.407 e. The number of carbonyl (C=O) groups excluding carboxylic acids is 1. The fraction of sp³-hybridized carbons (Fsp3) is 0.750. The van der Waals surface area contributed by atoms with Crippen molar-refractivity contribution in [3.05, 3.63) is 7.05 Å². The zero-order valence-corrected chi connectivity index (χ0v) is 7.38. The molecule has 1 fully saturated rings. The van der Waals surface area contributed by atoms with Gasteiger partial charge in [0.15, 0.2) is 0 Å². The molecule has 4 nitrogen and oxygen atoms in total. The number of nitrogens with zero attached hydrogens (tertiary/aromatic N) is 1. The van der Waals surface area contributed by atoms with Crippen LogP contribution in [0.2, 0.25) is 0 Å². The maximum Gasteiger partial charge on any atom is 0.407 e. The van der Waals surface area contributed by atoms with E-state index in [0.29, 0.717) is 6.61 Å². The van der Waals surface area contributed by atoms with E-state index in [0.717, 1.165) is 19.5 Å². The molecule has 0 aromatic heterocycles. The lowest BCUT2D eigenvalue weighted by molar-refractivity contribution is 0.148. The molecule has 12 heavy (non-hydrogen) atoms. The van der Waals surface area contributed by atoms with Gasteiger partial charge in [-0.05, 0) is 26.4 Å². The molecule has 0 aromatic rings. The van der Waals surface area contributed by atoms with E-state index in [-0.39, 0.29) is 12.1 Å². The molecular formula is C8H15N2O2-. The SMILES string of the molecule is [CH2-]N1CC[C@@H](NC(=O)OCC)C1. The van der Waals surface area contributed by atoms with Crippen LogP contribution in [0.15, 0.2) is 0 Å². The molecule has 0 saturated carbocycles. The highest BCUT2D eigenvalue weighted by Crippen LogP contribution is 2.06. The van der Waals surface area contributed by atoms with Crippen molar-refractivity contribution in [1.82, 2.24) is 10.2 Å². The Balaban J connectivity index is 2.18. The number of ether oxygens (including phenoxy) is 1. The second-order valence-electron chi connectivity index (χ2n) is 2.93. The summed E-state index contributed by atoms with van der Waals surface area (Å²) in [6.45, 7) is 3.98. The van der Waals surface area contributed by atoms with Crippen LogP contribution in [0.3, 0.4) is 0 Å². The Bertz CT molecular complexity index is 161. The fourth-order valence-corrected chi connectivity index (χ4v) is 1.29. The number of carbonyl (C=O) groups is 1. The van der Waals surface area contributed by atoms with E-state index in [9.17, 15) is 4.79 Å². The van der Waals surface area contributed by atoms with Crippen LogP contribution < -0.4 is 5.32 Å². The zero-order valence-electron chi connectivity index (χ0n) is 7.38. The lowest BCUT2D eigenvalue weighted by Gasteiger charge is -2.17. The summed E-state index contributed by atoms with van der Waals surface area (Å²) < 4.78 is 4.75. The third kappa shape index (κ3) is 2.70. The highest BCUT2D eigenvalue weighted by Gasteiger charge is 2.17. The zero-order chi connectivity index (χ0) is 8.97. The second kappa shape index (κ2) is 4.30. The van der Waals surface area contributed by atoms with Crippen LogP contribution in [0.5, 0.6) is 0 Å². The van der Waals surface area contributed by atoms with Gasteiger partial charge in [0.25, 0.3) is 0 Å². The molecule has 70 valence electrons. The molecule has 1 N–H and O–H groups in total. The molecule has 1 aliphatic rings. The molecule has 1 aliphatic heterocycles. The number of hydrogen-bond acceptors (Lipinski definition) is 3. The average Bonchev–Trinajstić information content (AvgIpc) is 2.36. The van der Waals surface area contributed by atoms with Crippen LogP contribution in [0.1, 0.15) is 13.3 Å². The van der Waals surface area contributed by atoms with Crippen molar-refractivity contribution >= 4 is 6.09 Å². The largest absolute Gasteiger partial charge is 0.457 e. The van der Waals surface area contributed by atoms with Gasteiger partial charge in [0.05, 0.1) is 6.61 Å². The van der Waals surface area contributed by atoms with Gasteiger partial charge in [0.1, 0.15) is 0 Å². The number of alkyl carbamates (subject to hydrolysis) is 1. The summed E-state index contributed by atoms with van der Waals surface area (Å²) in [5, 5.41) is 2.77. The monoisotopic (exact) mass is 171 g/mol. The van der Waals surface area contributed by atoms with Crippen molar-refractivity contribution in [3.63, 3.8) is 0 Å².